The molecule has 100 valence electrons. The Morgan fingerprint density at radius 1 is 0.944 bits per heavy atom. The average molecular weight is 263 g/mol. The molecule has 0 aliphatic heterocycles. The van der Waals surface area contributed by atoms with Crippen LogP contribution < -0.4 is 0 Å². The molecule has 0 unspecified atom stereocenters. The zero-order valence-electron chi connectivity index (χ0n) is 11.9. The summed E-state index contributed by atoms with van der Waals surface area (Å²) in [6.45, 7) is 4.59. The standard InChI is InChI=1S/C17H27S/c1-3-5-14-18(15-6-4-2)16-10-13-17-11-8-7-9-12-17/h7-13H,3-6,14-16H2,1-2H3/q+1/b13-10+. The second-order valence-corrected chi connectivity index (χ2v) is 7.08. The number of rotatable bonds is 9. The molecule has 1 rings (SSSR count). The summed E-state index contributed by atoms with van der Waals surface area (Å²) in [7, 11) is 0.615. The summed E-state index contributed by atoms with van der Waals surface area (Å²) in [5.74, 6) is 4.13. The normalized spacial score (nSPS) is 11.5. The van der Waals surface area contributed by atoms with E-state index in [-0.39, 0.29) is 0 Å². The van der Waals surface area contributed by atoms with Crippen LogP contribution in [0.25, 0.3) is 6.08 Å². The van der Waals surface area contributed by atoms with Crippen LogP contribution in [0.1, 0.15) is 45.1 Å². The van der Waals surface area contributed by atoms with Gasteiger partial charge in [0.05, 0.1) is 0 Å². The molecule has 0 aromatic heterocycles. The van der Waals surface area contributed by atoms with Gasteiger partial charge in [-0.25, -0.2) is 0 Å². The summed E-state index contributed by atoms with van der Waals surface area (Å²) in [4.78, 5) is 0. The molecule has 0 fully saturated rings. The lowest BCUT2D eigenvalue weighted by molar-refractivity contribution is 0.872. The molecule has 0 nitrogen and oxygen atoms in total. The van der Waals surface area contributed by atoms with E-state index in [4.69, 9.17) is 0 Å². The predicted molar refractivity (Wildman–Crippen MR) is 87.3 cm³/mol. The highest BCUT2D eigenvalue weighted by atomic mass is 32.2. The van der Waals surface area contributed by atoms with Gasteiger partial charge < -0.3 is 0 Å². The Balaban J connectivity index is 2.37. The lowest BCUT2D eigenvalue weighted by Crippen LogP contribution is -2.15. The van der Waals surface area contributed by atoms with Crippen LogP contribution in [-0.2, 0) is 10.9 Å². The van der Waals surface area contributed by atoms with Crippen molar-refractivity contribution in [1.82, 2.24) is 0 Å². The maximum absolute atomic E-state index is 2.38. The second-order valence-electron chi connectivity index (χ2n) is 4.71. The first-order valence-electron chi connectivity index (χ1n) is 7.22. The molecule has 0 aliphatic carbocycles. The van der Waals surface area contributed by atoms with E-state index >= 15 is 0 Å². The maximum Gasteiger partial charge on any atom is 0.126 e. The van der Waals surface area contributed by atoms with Crippen molar-refractivity contribution in [2.24, 2.45) is 0 Å². The molecule has 18 heavy (non-hydrogen) atoms. The third-order valence-electron chi connectivity index (χ3n) is 3.01. The van der Waals surface area contributed by atoms with E-state index in [2.05, 4.69) is 56.3 Å². The first-order chi connectivity index (χ1) is 8.86. The van der Waals surface area contributed by atoms with Gasteiger partial charge in [0.2, 0.25) is 0 Å². The molecule has 1 aromatic carbocycles. The van der Waals surface area contributed by atoms with Crippen LogP contribution in [0.3, 0.4) is 0 Å². The van der Waals surface area contributed by atoms with Gasteiger partial charge in [0.1, 0.15) is 17.3 Å². The number of unbranched alkanes of at least 4 members (excludes halogenated alkanes) is 2. The minimum Gasteiger partial charge on any atom is -0.0652 e. The third-order valence-corrected chi connectivity index (χ3v) is 5.41. The summed E-state index contributed by atoms with van der Waals surface area (Å²) in [6, 6.07) is 10.6. The monoisotopic (exact) mass is 263 g/mol. The highest BCUT2D eigenvalue weighted by Crippen LogP contribution is 2.08. The van der Waals surface area contributed by atoms with E-state index in [0.717, 1.165) is 0 Å². The Bertz CT molecular complexity index is 308. The number of hydrogen-bond acceptors (Lipinski definition) is 0. The Labute approximate surface area is 116 Å². The van der Waals surface area contributed by atoms with Gasteiger partial charge in [0.15, 0.2) is 0 Å². The van der Waals surface area contributed by atoms with Crippen LogP contribution in [0.2, 0.25) is 0 Å². The minimum atomic E-state index is 0.615. The maximum atomic E-state index is 2.38. The van der Waals surface area contributed by atoms with Crippen LogP contribution in [0.4, 0.5) is 0 Å². The molecule has 1 heteroatoms. The summed E-state index contributed by atoms with van der Waals surface area (Å²) in [5, 5.41) is 0. The summed E-state index contributed by atoms with van der Waals surface area (Å²) >= 11 is 0. The fraction of sp³-hybridized carbons (Fsp3) is 0.529. The zero-order valence-corrected chi connectivity index (χ0v) is 12.7. The molecular formula is C17H27S+. The Kier molecular flexibility index (Phi) is 8.75. The average Bonchev–Trinajstić information content (AvgIpc) is 2.42. The van der Waals surface area contributed by atoms with Crippen molar-refractivity contribution in [1.29, 1.82) is 0 Å². The van der Waals surface area contributed by atoms with Crippen LogP contribution in [-0.4, -0.2) is 17.3 Å². The fourth-order valence-corrected chi connectivity index (χ4v) is 4.15. The smallest absolute Gasteiger partial charge is 0.0652 e. The number of hydrogen-bond donors (Lipinski definition) is 0. The van der Waals surface area contributed by atoms with Gasteiger partial charge in [-0.1, -0.05) is 63.1 Å². The Morgan fingerprint density at radius 2 is 1.56 bits per heavy atom. The van der Waals surface area contributed by atoms with Crippen LogP contribution in [0.5, 0.6) is 0 Å². The quantitative estimate of drug-likeness (QED) is 0.555. The van der Waals surface area contributed by atoms with E-state index in [1.165, 1.54) is 48.5 Å². The predicted octanol–water partition coefficient (Wildman–Crippen LogP) is 4.92. The molecule has 0 amide bonds. The molecule has 0 aliphatic rings. The van der Waals surface area contributed by atoms with Crippen molar-refractivity contribution in [2.75, 3.05) is 17.3 Å². The third kappa shape index (κ3) is 6.90. The van der Waals surface area contributed by atoms with Crippen molar-refractivity contribution >= 4 is 17.0 Å². The largest absolute Gasteiger partial charge is 0.126 e. The van der Waals surface area contributed by atoms with Crippen LogP contribution in [0.15, 0.2) is 36.4 Å². The van der Waals surface area contributed by atoms with Crippen LogP contribution >= 0.6 is 0 Å². The van der Waals surface area contributed by atoms with Crippen LogP contribution in [0, 0.1) is 0 Å². The minimum absolute atomic E-state index is 0.615. The van der Waals surface area contributed by atoms with Crippen molar-refractivity contribution < 1.29 is 0 Å². The van der Waals surface area contributed by atoms with Gasteiger partial charge in [-0.05, 0) is 35.4 Å². The molecule has 0 saturated carbocycles. The van der Waals surface area contributed by atoms with Gasteiger partial charge in [-0.2, -0.15) is 0 Å². The molecule has 0 bridgehead atoms. The van der Waals surface area contributed by atoms with Crippen molar-refractivity contribution in [2.45, 2.75) is 39.5 Å². The van der Waals surface area contributed by atoms with Crippen molar-refractivity contribution in [3.63, 3.8) is 0 Å². The lowest BCUT2D eigenvalue weighted by Gasteiger charge is -2.05. The van der Waals surface area contributed by atoms with E-state index in [9.17, 15) is 0 Å². The summed E-state index contributed by atoms with van der Waals surface area (Å²) < 4.78 is 0. The van der Waals surface area contributed by atoms with Gasteiger partial charge in [-0.15, -0.1) is 0 Å². The second kappa shape index (κ2) is 10.3. The molecule has 0 radical (unpaired) electrons. The van der Waals surface area contributed by atoms with Gasteiger partial charge in [-0.3, -0.25) is 0 Å². The Hall–Kier alpha value is -0.690. The molecule has 0 atom stereocenters. The van der Waals surface area contributed by atoms with Gasteiger partial charge >= 0.3 is 0 Å². The van der Waals surface area contributed by atoms with Gasteiger partial charge in [0.25, 0.3) is 0 Å². The van der Waals surface area contributed by atoms with Crippen molar-refractivity contribution in [3.05, 3.63) is 42.0 Å². The molecule has 0 N–H and O–H groups in total. The van der Waals surface area contributed by atoms with Gasteiger partial charge in [0, 0.05) is 0 Å². The van der Waals surface area contributed by atoms with E-state index in [1.807, 2.05) is 0 Å². The fourth-order valence-electron chi connectivity index (χ4n) is 1.85. The highest BCUT2D eigenvalue weighted by molar-refractivity contribution is 7.96. The topological polar surface area (TPSA) is 0 Å². The lowest BCUT2D eigenvalue weighted by atomic mass is 10.2. The van der Waals surface area contributed by atoms with Crippen molar-refractivity contribution in [3.8, 4) is 0 Å². The highest BCUT2D eigenvalue weighted by Gasteiger charge is 2.14. The summed E-state index contributed by atoms with van der Waals surface area (Å²) in [6.07, 6.45) is 10.1. The molecule has 0 spiro atoms. The summed E-state index contributed by atoms with van der Waals surface area (Å²) in [5.41, 5.74) is 1.33. The first-order valence-corrected chi connectivity index (χ1v) is 8.95. The molecule has 0 saturated heterocycles. The molecular weight excluding hydrogens is 236 g/mol. The molecule has 1 aromatic rings. The number of benzene rings is 1. The first kappa shape index (κ1) is 15.4. The van der Waals surface area contributed by atoms with E-state index in [0.29, 0.717) is 10.9 Å². The Morgan fingerprint density at radius 3 is 2.11 bits per heavy atom. The van der Waals surface area contributed by atoms with E-state index < -0.39 is 0 Å². The SMILES string of the molecule is CCCC[S+](C/C=C/c1ccccc1)CCCC. The van der Waals surface area contributed by atoms with E-state index in [1.54, 1.807) is 0 Å². The molecule has 0 heterocycles. The zero-order chi connectivity index (χ0) is 13.1.